The molecule has 0 atom stereocenters. The minimum atomic E-state index is 0.535. The van der Waals surface area contributed by atoms with Gasteiger partial charge in [-0.15, -0.1) is 11.3 Å². The maximum absolute atomic E-state index is 5.93. The van der Waals surface area contributed by atoms with Crippen LogP contribution in [0.3, 0.4) is 0 Å². The number of nitrogens with two attached hydrogens (primary N) is 1. The number of rotatable bonds is 2. The molecule has 0 unspecified atom stereocenters. The molecule has 13 heavy (non-hydrogen) atoms. The van der Waals surface area contributed by atoms with Crippen LogP contribution in [-0.4, -0.2) is 9.78 Å². The van der Waals surface area contributed by atoms with Crippen LogP contribution in [0.5, 0.6) is 0 Å². The van der Waals surface area contributed by atoms with Crippen molar-refractivity contribution < 1.29 is 0 Å². The van der Waals surface area contributed by atoms with E-state index in [0.29, 0.717) is 12.4 Å². The van der Waals surface area contributed by atoms with Crippen molar-refractivity contribution in [3.05, 3.63) is 33.6 Å². The van der Waals surface area contributed by atoms with Crippen molar-refractivity contribution in [3.8, 4) is 0 Å². The zero-order valence-corrected chi connectivity index (χ0v) is 8.35. The summed E-state index contributed by atoms with van der Waals surface area (Å²) in [5.41, 5.74) is 5.48. The molecule has 0 spiro atoms. The van der Waals surface area contributed by atoms with Gasteiger partial charge in [-0.3, -0.25) is 4.68 Å². The van der Waals surface area contributed by atoms with Gasteiger partial charge in [-0.2, -0.15) is 5.10 Å². The summed E-state index contributed by atoms with van der Waals surface area (Å²) in [6, 6.07) is 3.65. The van der Waals surface area contributed by atoms with Crippen molar-refractivity contribution >= 4 is 28.8 Å². The van der Waals surface area contributed by atoms with Crippen LogP contribution in [0.1, 0.15) is 4.88 Å². The second-order valence-electron chi connectivity index (χ2n) is 2.63. The number of thiophene rings is 1. The summed E-state index contributed by atoms with van der Waals surface area (Å²) in [7, 11) is 0. The quantitative estimate of drug-likeness (QED) is 0.832. The van der Waals surface area contributed by atoms with Crippen LogP contribution >= 0.6 is 22.9 Å². The van der Waals surface area contributed by atoms with E-state index in [9.17, 15) is 0 Å². The fraction of sp³-hybridized carbons (Fsp3) is 0.125. The van der Waals surface area contributed by atoms with Crippen molar-refractivity contribution in [1.29, 1.82) is 0 Å². The Morgan fingerprint density at radius 2 is 2.38 bits per heavy atom. The Kier molecular flexibility index (Phi) is 2.24. The summed E-state index contributed by atoms with van der Waals surface area (Å²) in [4.78, 5) is 1.10. The Bertz CT molecular complexity index is 407. The van der Waals surface area contributed by atoms with Crippen LogP contribution in [0, 0.1) is 0 Å². The van der Waals surface area contributed by atoms with Gasteiger partial charge in [0, 0.05) is 11.1 Å². The monoisotopic (exact) mass is 213 g/mol. The number of aromatic nitrogens is 2. The first-order chi connectivity index (χ1) is 6.25. The molecule has 0 aliphatic rings. The van der Waals surface area contributed by atoms with Crippen LogP contribution in [-0.2, 0) is 6.54 Å². The molecule has 0 saturated carbocycles. The number of hydrogen-bond donors (Lipinski definition) is 1. The predicted molar refractivity (Wildman–Crippen MR) is 55.1 cm³/mol. The van der Waals surface area contributed by atoms with Crippen molar-refractivity contribution in [2.45, 2.75) is 6.54 Å². The van der Waals surface area contributed by atoms with Gasteiger partial charge in [-0.05, 0) is 17.5 Å². The summed E-state index contributed by atoms with van der Waals surface area (Å²) in [5.74, 6) is 0.535. The Morgan fingerprint density at radius 1 is 1.54 bits per heavy atom. The van der Waals surface area contributed by atoms with Gasteiger partial charge in [-0.25, -0.2) is 0 Å². The number of anilines is 1. The zero-order valence-electron chi connectivity index (χ0n) is 6.77. The van der Waals surface area contributed by atoms with Crippen molar-refractivity contribution in [2.24, 2.45) is 0 Å². The molecule has 0 aromatic carbocycles. The average Bonchev–Trinajstić information content (AvgIpc) is 2.64. The van der Waals surface area contributed by atoms with Crippen LogP contribution in [0.25, 0.3) is 0 Å². The Labute approximate surface area is 84.7 Å². The molecule has 0 amide bonds. The first-order valence-corrected chi connectivity index (χ1v) is 5.02. The second-order valence-corrected chi connectivity index (χ2v) is 4.04. The van der Waals surface area contributed by atoms with Gasteiger partial charge < -0.3 is 5.73 Å². The smallest absolute Gasteiger partial charge is 0.145 e. The summed E-state index contributed by atoms with van der Waals surface area (Å²) >= 11 is 7.55. The van der Waals surface area contributed by atoms with Crippen LogP contribution in [0.2, 0.25) is 5.02 Å². The Hall–Kier alpha value is -1.00. The molecule has 2 aromatic heterocycles. The molecule has 3 nitrogen and oxygen atoms in total. The number of hydrogen-bond acceptors (Lipinski definition) is 3. The molecule has 0 fully saturated rings. The summed E-state index contributed by atoms with van der Waals surface area (Å²) in [6.45, 7) is 0.688. The highest BCUT2D eigenvalue weighted by atomic mass is 35.5. The fourth-order valence-corrected chi connectivity index (χ4v) is 2.14. The van der Waals surface area contributed by atoms with Gasteiger partial charge in [-0.1, -0.05) is 11.6 Å². The number of nitrogen functional groups attached to an aromatic ring is 1. The van der Waals surface area contributed by atoms with Crippen LogP contribution < -0.4 is 5.73 Å². The zero-order chi connectivity index (χ0) is 9.26. The van der Waals surface area contributed by atoms with E-state index in [0.717, 1.165) is 9.90 Å². The lowest BCUT2D eigenvalue weighted by atomic mass is 10.4. The third-order valence-corrected chi connectivity index (χ3v) is 3.03. The Morgan fingerprint density at radius 3 is 2.92 bits per heavy atom. The molecule has 0 bridgehead atoms. The van der Waals surface area contributed by atoms with E-state index < -0.39 is 0 Å². The van der Waals surface area contributed by atoms with E-state index in [1.807, 2.05) is 17.6 Å². The molecule has 0 radical (unpaired) electrons. The molecule has 68 valence electrons. The van der Waals surface area contributed by atoms with E-state index in [4.69, 9.17) is 17.3 Å². The van der Waals surface area contributed by atoms with Crippen molar-refractivity contribution in [1.82, 2.24) is 9.78 Å². The summed E-state index contributed by atoms with van der Waals surface area (Å²) in [5, 5.41) is 6.82. The lowest BCUT2D eigenvalue weighted by molar-refractivity contribution is 0.698. The lowest BCUT2D eigenvalue weighted by Gasteiger charge is -1.98. The molecule has 0 aliphatic carbocycles. The van der Waals surface area contributed by atoms with Gasteiger partial charge in [0.2, 0.25) is 0 Å². The second kappa shape index (κ2) is 3.40. The third kappa shape index (κ3) is 1.84. The number of halogens is 1. The maximum atomic E-state index is 5.93. The lowest BCUT2D eigenvalue weighted by Crippen LogP contribution is -1.99. The average molecular weight is 214 g/mol. The Balaban J connectivity index is 2.19. The fourth-order valence-electron chi connectivity index (χ4n) is 1.05. The predicted octanol–water partition coefficient (Wildman–Crippen LogP) is 2.23. The van der Waals surface area contributed by atoms with Crippen molar-refractivity contribution in [3.63, 3.8) is 0 Å². The molecule has 2 N–H and O–H groups in total. The van der Waals surface area contributed by atoms with Gasteiger partial charge in [0.05, 0.1) is 11.6 Å². The first kappa shape index (κ1) is 8.59. The standard InChI is InChI=1S/C8H8ClN3S/c9-6-2-4-13-7(6)5-12-3-1-8(10)11-12/h1-4H,5H2,(H2,10,11). The molecular formula is C8H8ClN3S. The molecule has 0 aliphatic heterocycles. The summed E-state index contributed by atoms with van der Waals surface area (Å²) in [6.07, 6.45) is 1.84. The summed E-state index contributed by atoms with van der Waals surface area (Å²) < 4.78 is 1.77. The van der Waals surface area contributed by atoms with E-state index in [1.54, 1.807) is 22.1 Å². The molecule has 2 heterocycles. The topological polar surface area (TPSA) is 43.8 Å². The third-order valence-electron chi connectivity index (χ3n) is 1.66. The maximum Gasteiger partial charge on any atom is 0.145 e. The van der Waals surface area contributed by atoms with Gasteiger partial charge in [0.1, 0.15) is 5.82 Å². The van der Waals surface area contributed by atoms with Crippen LogP contribution in [0.4, 0.5) is 5.82 Å². The van der Waals surface area contributed by atoms with Crippen LogP contribution in [0.15, 0.2) is 23.7 Å². The molecular weight excluding hydrogens is 206 g/mol. The largest absolute Gasteiger partial charge is 0.382 e. The van der Waals surface area contributed by atoms with Gasteiger partial charge in [0.25, 0.3) is 0 Å². The first-order valence-electron chi connectivity index (χ1n) is 3.76. The minimum absolute atomic E-state index is 0.535. The molecule has 0 saturated heterocycles. The van der Waals surface area contributed by atoms with E-state index in [-0.39, 0.29) is 0 Å². The SMILES string of the molecule is Nc1ccn(Cc2sccc2Cl)n1. The number of nitrogens with zero attached hydrogens (tertiary/aromatic N) is 2. The van der Waals surface area contributed by atoms with Gasteiger partial charge >= 0.3 is 0 Å². The normalized spacial score (nSPS) is 10.5. The van der Waals surface area contributed by atoms with E-state index >= 15 is 0 Å². The minimum Gasteiger partial charge on any atom is -0.382 e. The van der Waals surface area contributed by atoms with Crippen molar-refractivity contribution in [2.75, 3.05) is 5.73 Å². The molecule has 2 aromatic rings. The van der Waals surface area contributed by atoms with E-state index in [1.165, 1.54) is 0 Å². The highest BCUT2D eigenvalue weighted by Crippen LogP contribution is 2.22. The highest BCUT2D eigenvalue weighted by Gasteiger charge is 2.02. The molecule has 2 rings (SSSR count). The molecule has 5 heteroatoms. The van der Waals surface area contributed by atoms with Gasteiger partial charge in [0.15, 0.2) is 0 Å². The highest BCUT2D eigenvalue weighted by molar-refractivity contribution is 7.10. The van der Waals surface area contributed by atoms with E-state index in [2.05, 4.69) is 5.10 Å².